The summed E-state index contributed by atoms with van der Waals surface area (Å²) in [5.41, 5.74) is 0. The molecule has 0 spiro atoms. The Balaban J connectivity index is 2.66. The van der Waals surface area contributed by atoms with Gasteiger partial charge in [0.2, 0.25) is 11.8 Å². The Morgan fingerprint density at radius 3 is 2.70 bits per heavy atom. The summed E-state index contributed by atoms with van der Waals surface area (Å²) in [7, 11) is 1.62. The summed E-state index contributed by atoms with van der Waals surface area (Å²) < 4.78 is 0. The van der Waals surface area contributed by atoms with Gasteiger partial charge in [0.1, 0.15) is 6.04 Å². The van der Waals surface area contributed by atoms with Crippen LogP contribution in [0.2, 0.25) is 0 Å². The minimum atomic E-state index is -0.355. The molecule has 0 radical (unpaired) electrons. The van der Waals surface area contributed by atoms with E-state index in [0.717, 1.165) is 0 Å². The van der Waals surface area contributed by atoms with Crippen molar-refractivity contribution in [2.75, 3.05) is 13.6 Å². The van der Waals surface area contributed by atoms with Crippen molar-refractivity contribution in [2.24, 2.45) is 0 Å². The van der Waals surface area contributed by atoms with E-state index < -0.39 is 0 Å². The molecule has 1 unspecified atom stereocenters. The van der Waals surface area contributed by atoms with Crippen LogP contribution in [0, 0.1) is 0 Å². The second-order valence-electron chi connectivity index (χ2n) is 2.48. The van der Waals surface area contributed by atoms with Crippen molar-refractivity contribution in [2.45, 2.75) is 13.0 Å². The maximum Gasteiger partial charge on any atom is 0.245 e. The first-order valence-corrected chi connectivity index (χ1v) is 3.15. The second kappa shape index (κ2) is 2.28. The Kier molecular flexibility index (Phi) is 1.61. The molecule has 56 valence electrons. The maximum absolute atomic E-state index is 11.0. The van der Waals surface area contributed by atoms with Crippen molar-refractivity contribution in [3.8, 4) is 0 Å². The molecule has 4 heteroatoms. The van der Waals surface area contributed by atoms with Gasteiger partial charge in [-0.1, -0.05) is 0 Å². The molecule has 0 aromatic heterocycles. The van der Waals surface area contributed by atoms with Crippen molar-refractivity contribution < 1.29 is 9.59 Å². The van der Waals surface area contributed by atoms with Gasteiger partial charge in [-0.2, -0.15) is 0 Å². The second-order valence-corrected chi connectivity index (χ2v) is 2.48. The van der Waals surface area contributed by atoms with E-state index in [1.54, 1.807) is 14.0 Å². The molecular formula is C6H10N2O2. The third-order valence-electron chi connectivity index (χ3n) is 1.50. The van der Waals surface area contributed by atoms with Crippen LogP contribution in [0.3, 0.4) is 0 Å². The lowest BCUT2D eigenvalue weighted by atomic mass is 10.2. The predicted octanol–water partition coefficient (Wildman–Crippen LogP) is -1.04. The standard InChI is InChI=1S/C6H10N2O2/c1-4-6(10)8(2)3-5(9)7-4/h4H,3H2,1-2H3,(H,7,9). The molecule has 1 saturated heterocycles. The fourth-order valence-corrected chi connectivity index (χ4v) is 0.973. The van der Waals surface area contributed by atoms with Crippen LogP contribution in [-0.2, 0) is 9.59 Å². The highest BCUT2D eigenvalue weighted by atomic mass is 16.2. The van der Waals surface area contributed by atoms with Gasteiger partial charge >= 0.3 is 0 Å². The number of carbonyl (C=O) groups excluding carboxylic acids is 2. The Morgan fingerprint density at radius 2 is 2.20 bits per heavy atom. The van der Waals surface area contributed by atoms with Gasteiger partial charge in [0, 0.05) is 7.05 Å². The fourth-order valence-electron chi connectivity index (χ4n) is 0.973. The van der Waals surface area contributed by atoms with Crippen molar-refractivity contribution in [3.05, 3.63) is 0 Å². The summed E-state index contributed by atoms with van der Waals surface area (Å²) in [6.07, 6.45) is 0. The molecule has 1 rings (SSSR count). The van der Waals surface area contributed by atoms with Crippen LogP contribution in [0.15, 0.2) is 0 Å². The molecular weight excluding hydrogens is 132 g/mol. The summed E-state index contributed by atoms with van der Waals surface area (Å²) >= 11 is 0. The molecule has 1 aliphatic rings. The highest BCUT2D eigenvalue weighted by Gasteiger charge is 2.25. The molecule has 0 aromatic rings. The SMILES string of the molecule is CC1NC(=O)CN(C)C1=O. The van der Waals surface area contributed by atoms with Gasteiger partial charge in [-0.25, -0.2) is 0 Å². The van der Waals surface area contributed by atoms with E-state index in [0.29, 0.717) is 0 Å². The number of hydrogen-bond acceptors (Lipinski definition) is 2. The molecule has 0 aromatic carbocycles. The Hall–Kier alpha value is -1.06. The lowest BCUT2D eigenvalue weighted by molar-refractivity contribution is -0.142. The first-order chi connectivity index (χ1) is 4.61. The minimum Gasteiger partial charge on any atom is -0.343 e. The molecule has 0 saturated carbocycles. The highest BCUT2D eigenvalue weighted by molar-refractivity contribution is 5.94. The molecule has 1 atom stereocenters. The van der Waals surface area contributed by atoms with E-state index in [-0.39, 0.29) is 24.4 Å². The number of nitrogens with one attached hydrogen (secondary N) is 1. The summed E-state index contributed by atoms with van der Waals surface area (Å²) in [5.74, 6) is -0.116. The van der Waals surface area contributed by atoms with E-state index in [1.165, 1.54) is 4.90 Å². The van der Waals surface area contributed by atoms with Crippen LogP contribution in [0.5, 0.6) is 0 Å². The highest BCUT2D eigenvalue weighted by Crippen LogP contribution is 1.97. The molecule has 0 aliphatic carbocycles. The maximum atomic E-state index is 11.0. The lowest BCUT2D eigenvalue weighted by Crippen LogP contribution is -2.55. The van der Waals surface area contributed by atoms with Gasteiger partial charge in [0.15, 0.2) is 0 Å². The van der Waals surface area contributed by atoms with Gasteiger partial charge in [0.05, 0.1) is 6.54 Å². The molecule has 2 amide bonds. The zero-order valence-electron chi connectivity index (χ0n) is 6.05. The molecule has 10 heavy (non-hydrogen) atoms. The monoisotopic (exact) mass is 142 g/mol. The van der Waals surface area contributed by atoms with Gasteiger partial charge in [0.25, 0.3) is 0 Å². The first-order valence-electron chi connectivity index (χ1n) is 3.15. The number of rotatable bonds is 0. The van der Waals surface area contributed by atoms with Crippen LogP contribution >= 0.6 is 0 Å². The van der Waals surface area contributed by atoms with E-state index >= 15 is 0 Å². The van der Waals surface area contributed by atoms with Crippen molar-refractivity contribution >= 4 is 11.8 Å². The quantitative estimate of drug-likeness (QED) is 0.470. The summed E-state index contributed by atoms with van der Waals surface area (Å²) in [5, 5.41) is 2.53. The third-order valence-corrected chi connectivity index (χ3v) is 1.50. The first kappa shape index (κ1) is 7.05. The zero-order valence-corrected chi connectivity index (χ0v) is 6.05. The van der Waals surface area contributed by atoms with Gasteiger partial charge in [-0.3, -0.25) is 9.59 Å². The topological polar surface area (TPSA) is 49.4 Å². The largest absolute Gasteiger partial charge is 0.343 e. The van der Waals surface area contributed by atoms with E-state index in [9.17, 15) is 9.59 Å². The van der Waals surface area contributed by atoms with Gasteiger partial charge in [-0.15, -0.1) is 0 Å². The Labute approximate surface area is 59.2 Å². The zero-order chi connectivity index (χ0) is 7.72. The lowest BCUT2D eigenvalue weighted by Gasteiger charge is -2.27. The third kappa shape index (κ3) is 1.10. The van der Waals surface area contributed by atoms with Crippen LogP contribution in [0.1, 0.15) is 6.92 Å². The molecule has 1 heterocycles. The number of amides is 2. The number of piperazine rings is 1. The molecule has 0 bridgehead atoms. The van der Waals surface area contributed by atoms with Crippen molar-refractivity contribution in [3.63, 3.8) is 0 Å². The Bertz CT molecular complexity index is 163. The van der Waals surface area contributed by atoms with Crippen molar-refractivity contribution in [1.82, 2.24) is 10.2 Å². The van der Waals surface area contributed by atoms with Crippen molar-refractivity contribution in [1.29, 1.82) is 0 Å². The normalized spacial score (nSPS) is 26.6. The number of carbonyl (C=O) groups is 2. The van der Waals surface area contributed by atoms with Crippen LogP contribution in [-0.4, -0.2) is 36.3 Å². The number of likely N-dealkylation sites (N-methyl/N-ethyl adjacent to an activating group) is 1. The average Bonchev–Trinajstić information content (AvgIpc) is 1.82. The smallest absolute Gasteiger partial charge is 0.245 e. The molecule has 1 fully saturated rings. The molecule has 1 N–H and O–H groups in total. The van der Waals surface area contributed by atoms with Crippen LogP contribution in [0.4, 0.5) is 0 Å². The Morgan fingerprint density at radius 1 is 1.60 bits per heavy atom. The van der Waals surface area contributed by atoms with Gasteiger partial charge in [-0.05, 0) is 6.92 Å². The molecule has 4 nitrogen and oxygen atoms in total. The summed E-state index contributed by atoms with van der Waals surface area (Å²) in [4.78, 5) is 23.1. The predicted molar refractivity (Wildman–Crippen MR) is 35.2 cm³/mol. The van der Waals surface area contributed by atoms with E-state index in [1.807, 2.05) is 0 Å². The number of nitrogens with zero attached hydrogens (tertiary/aromatic N) is 1. The summed E-state index contributed by atoms with van der Waals surface area (Å²) in [6.45, 7) is 1.86. The minimum absolute atomic E-state index is 0.0281. The number of hydrogen-bond donors (Lipinski definition) is 1. The molecule has 1 aliphatic heterocycles. The van der Waals surface area contributed by atoms with E-state index in [2.05, 4.69) is 5.32 Å². The fraction of sp³-hybridized carbons (Fsp3) is 0.667. The van der Waals surface area contributed by atoms with Gasteiger partial charge < -0.3 is 10.2 Å². The van der Waals surface area contributed by atoms with Crippen LogP contribution < -0.4 is 5.32 Å². The summed E-state index contributed by atoms with van der Waals surface area (Å²) in [6, 6.07) is -0.355. The van der Waals surface area contributed by atoms with E-state index in [4.69, 9.17) is 0 Å². The average molecular weight is 142 g/mol. The van der Waals surface area contributed by atoms with Crippen LogP contribution in [0.25, 0.3) is 0 Å².